The third-order valence-electron chi connectivity index (χ3n) is 6.31. The molecule has 0 aliphatic carbocycles. The SMILES string of the molecule is CCC1Nc2ncnc(N3CCN(c4ccccc4)CC3)c2N(Cc2ccc(Br)cc2)C1=O. The third-order valence-corrected chi connectivity index (χ3v) is 6.84. The van der Waals surface area contributed by atoms with Crippen LogP contribution in [-0.4, -0.2) is 48.1 Å². The van der Waals surface area contributed by atoms with Gasteiger partial charge in [0.2, 0.25) is 5.91 Å². The van der Waals surface area contributed by atoms with E-state index in [0.717, 1.165) is 53.5 Å². The highest BCUT2D eigenvalue weighted by molar-refractivity contribution is 9.10. The number of nitrogens with one attached hydrogen (secondary N) is 1. The van der Waals surface area contributed by atoms with Gasteiger partial charge in [-0.3, -0.25) is 9.69 Å². The molecule has 5 rings (SSSR count). The molecule has 0 bridgehead atoms. The normalized spacial score (nSPS) is 18.2. The lowest BCUT2D eigenvalue weighted by molar-refractivity contribution is -0.119. The van der Waals surface area contributed by atoms with E-state index in [1.807, 2.05) is 42.2 Å². The van der Waals surface area contributed by atoms with Gasteiger partial charge in [-0.25, -0.2) is 9.97 Å². The summed E-state index contributed by atoms with van der Waals surface area (Å²) in [6.07, 6.45) is 2.30. The molecule has 3 aromatic rings. The van der Waals surface area contributed by atoms with Gasteiger partial charge in [0.05, 0.1) is 6.54 Å². The Morgan fingerprint density at radius 2 is 1.67 bits per heavy atom. The van der Waals surface area contributed by atoms with Gasteiger partial charge in [-0.1, -0.05) is 53.2 Å². The fraction of sp³-hybridized carbons (Fsp3) is 0.320. The number of fused-ring (bicyclic) bond motifs is 1. The minimum atomic E-state index is -0.286. The molecular weight excluding hydrogens is 480 g/mol. The monoisotopic (exact) mass is 506 g/mol. The first-order chi connectivity index (χ1) is 16.1. The maximum absolute atomic E-state index is 13.4. The van der Waals surface area contributed by atoms with Crippen molar-refractivity contribution in [3.63, 3.8) is 0 Å². The number of carbonyl (C=O) groups excluding carboxylic acids is 1. The summed E-state index contributed by atoms with van der Waals surface area (Å²) in [5.74, 6) is 1.61. The average molecular weight is 507 g/mol. The Labute approximate surface area is 202 Å². The van der Waals surface area contributed by atoms with Crippen molar-refractivity contribution < 1.29 is 4.79 Å². The van der Waals surface area contributed by atoms with Crippen LogP contribution in [0.25, 0.3) is 0 Å². The molecule has 7 nitrogen and oxygen atoms in total. The predicted octanol–water partition coefficient (Wildman–Crippen LogP) is 4.30. The van der Waals surface area contributed by atoms with E-state index in [1.54, 1.807) is 6.33 Å². The highest BCUT2D eigenvalue weighted by Crippen LogP contribution is 2.39. The fourth-order valence-electron chi connectivity index (χ4n) is 4.50. The second-order valence-corrected chi connectivity index (χ2v) is 9.28. The Morgan fingerprint density at radius 3 is 2.36 bits per heavy atom. The van der Waals surface area contributed by atoms with Gasteiger partial charge in [0.15, 0.2) is 11.6 Å². The van der Waals surface area contributed by atoms with E-state index in [9.17, 15) is 4.79 Å². The molecule has 1 aromatic heterocycles. The molecule has 1 saturated heterocycles. The average Bonchev–Trinajstić information content (AvgIpc) is 2.87. The van der Waals surface area contributed by atoms with E-state index in [0.29, 0.717) is 13.0 Å². The quantitative estimate of drug-likeness (QED) is 0.556. The molecule has 8 heteroatoms. The first kappa shape index (κ1) is 21.7. The first-order valence-electron chi connectivity index (χ1n) is 11.4. The largest absolute Gasteiger partial charge is 0.368 e. The molecule has 0 radical (unpaired) electrons. The molecule has 1 unspecified atom stereocenters. The van der Waals surface area contributed by atoms with Gasteiger partial charge in [-0.2, -0.15) is 0 Å². The number of hydrogen-bond donors (Lipinski definition) is 1. The van der Waals surface area contributed by atoms with Crippen molar-refractivity contribution in [2.75, 3.05) is 46.2 Å². The number of rotatable bonds is 5. The Morgan fingerprint density at radius 1 is 0.970 bits per heavy atom. The number of hydrogen-bond acceptors (Lipinski definition) is 6. The lowest BCUT2D eigenvalue weighted by Gasteiger charge is -2.40. The van der Waals surface area contributed by atoms with Crippen LogP contribution in [0.2, 0.25) is 0 Å². The first-order valence-corrected chi connectivity index (χ1v) is 12.2. The van der Waals surface area contributed by atoms with Crippen molar-refractivity contribution in [3.8, 4) is 0 Å². The Kier molecular flexibility index (Phi) is 6.17. The van der Waals surface area contributed by atoms with Gasteiger partial charge >= 0.3 is 0 Å². The zero-order valence-corrected chi connectivity index (χ0v) is 20.2. The fourth-order valence-corrected chi connectivity index (χ4v) is 4.77. The number of para-hydroxylation sites is 1. The van der Waals surface area contributed by atoms with Crippen molar-refractivity contribution in [1.29, 1.82) is 0 Å². The van der Waals surface area contributed by atoms with Crippen molar-refractivity contribution in [1.82, 2.24) is 9.97 Å². The molecule has 0 spiro atoms. The van der Waals surface area contributed by atoms with Crippen molar-refractivity contribution in [2.45, 2.75) is 25.9 Å². The molecule has 33 heavy (non-hydrogen) atoms. The summed E-state index contributed by atoms with van der Waals surface area (Å²) in [6, 6.07) is 18.3. The summed E-state index contributed by atoms with van der Waals surface area (Å²) in [5.41, 5.74) is 3.09. The molecular formula is C25H27BrN6O. The topological polar surface area (TPSA) is 64.6 Å². The van der Waals surface area contributed by atoms with E-state index in [4.69, 9.17) is 0 Å². The van der Waals surface area contributed by atoms with Gasteiger partial charge in [0, 0.05) is 36.3 Å². The van der Waals surface area contributed by atoms with Crippen molar-refractivity contribution in [2.24, 2.45) is 0 Å². The van der Waals surface area contributed by atoms with E-state index in [-0.39, 0.29) is 11.9 Å². The van der Waals surface area contributed by atoms with Gasteiger partial charge in [-0.05, 0) is 36.2 Å². The van der Waals surface area contributed by atoms with Gasteiger partial charge in [0.1, 0.15) is 18.1 Å². The Balaban J connectivity index is 1.44. The van der Waals surface area contributed by atoms with E-state index >= 15 is 0 Å². The molecule has 1 N–H and O–H groups in total. The third kappa shape index (κ3) is 4.39. The predicted molar refractivity (Wildman–Crippen MR) is 136 cm³/mol. The summed E-state index contributed by atoms with van der Waals surface area (Å²) in [7, 11) is 0. The van der Waals surface area contributed by atoms with Gasteiger partial charge < -0.3 is 15.1 Å². The van der Waals surface area contributed by atoms with Gasteiger partial charge in [-0.15, -0.1) is 0 Å². The number of piperazine rings is 1. The van der Waals surface area contributed by atoms with E-state index in [2.05, 4.69) is 65.3 Å². The van der Waals surface area contributed by atoms with Crippen LogP contribution in [0, 0.1) is 0 Å². The second-order valence-electron chi connectivity index (χ2n) is 8.36. The maximum atomic E-state index is 13.4. The minimum absolute atomic E-state index is 0.0619. The smallest absolute Gasteiger partial charge is 0.250 e. The van der Waals surface area contributed by atoms with Crippen molar-refractivity contribution >= 4 is 44.8 Å². The number of amides is 1. The highest BCUT2D eigenvalue weighted by Gasteiger charge is 2.36. The van der Waals surface area contributed by atoms with Crippen LogP contribution >= 0.6 is 15.9 Å². The number of aromatic nitrogens is 2. The summed E-state index contributed by atoms with van der Waals surface area (Å²) in [5, 5.41) is 3.35. The lowest BCUT2D eigenvalue weighted by Crippen LogP contribution is -2.50. The zero-order valence-electron chi connectivity index (χ0n) is 18.6. The van der Waals surface area contributed by atoms with Crippen LogP contribution in [0.4, 0.5) is 23.0 Å². The minimum Gasteiger partial charge on any atom is -0.368 e. The molecule has 0 saturated carbocycles. The molecule has 1 fully saturated rings. The Hall–Kier alpha value is -3.13. The maximum Gasteiger partial charge on any atom is 0.250 e. The number of anilines is 4. The van der Waals surface area contributed by atoms with Crippen LogP contribution in [0.5, 0.6) is 0 Å². The lowest BCUT2D eigenvalue weighted by atomic mass is 10.1. The summed E-state index contributed by atoms with van der Waals surface area (Å²) in [4.78, 5) is 29.1. The van der Waals surface area contributed by atoms with Crippen LogP contribution in [0.3, 0.4) is 0 Å². The summed E-state index contributed by atoms with van der Waals surface area (Å²) >= 11 is 3.49. The zero-order chi connectivity index (χ0) is 22.8. The molecule has 3 heterocycles. The van der Waals surface area contributed by atoms with E-state index in [1.165, 1.54) is 5.69 Å². The number of carbonyl (C=O) groups is 1. The molecule has 2 aliphatic heterocycles. The van der Waals surface area contributed by atoms with Crippen LogP contribution in [-0.2, 0) is 11.3 Å². The molecule has 1 atom stereocenters. The molecule has 2 aromatic carbocycles. The Bertz CT molecular complexity index is 1120. The molecule has 2 aliphatic rings. The highest BCUT2D eigenvalue weighted by atomic mass is 79.9. The van der Waals surface area contributed by atoms with Crippen LogP contribution in [0.15, 0.2) is 65.4 Å². The number of benzene rings is 2. The van der Waals surface area contributed by atoms with E-state index < -0.39 is 0 Å². The second kappa shape index (κ2) is 9.39. The summed E-state index contributed by atoms with van der Waals surface area (Å²) < 4.78 is 1.02. The van der Waals surface area contributed by atoms with Crippen LogP contribution in [0.1, 0.15) is 18.9 Å². The van der Waals surface area contributed by atoms with Crippen molar-refractivity contribution in [3.05, 3.63) is 71.0 Å². The standard InChI is InChI=1S/C25H27BrN6O/c1-2-21-25(33)32(16-18-8-10-19(26)11-9-18)22-23(29-21)27-17-28-24(22)31-14-12-30(13-15-31)20-6-4-3-5-7-20/h3-11,17,21H,2,12-16H2,1H3,(H,27,28,29). The molecule has 170 valence electrons. The number of nitrogens with zero attached hydrogens (tertiary/aromatic N) is 5. The summed E-state index contributed by atoms with van der Waals surface area (Å²) in [6.45, 7) is 5.96. The van der Waals surface area contributed by atoms with Crippen LogP contribution < -0.4 is 20.0 Å². The number of halogens is 1. The molecule has 1 amide bonds. The van der Waals surface area contributed by atoms with Gasteiger partial charge in [0.25, 0.3) is 0 Å².